The SMILES string of the molecule is Nc1ccc(C2CC(c3cccc(S(=O)(=O)Nc4ccccc4)c3)=NN2c2ccccc2)cc1. The number of hydrogen-bond donors (Lipinski definition) is 2. The van der Waals surface area contributed by atoms with E-state index in [2.05, 4.69) is 4.72 Å². The molecule has 6 nitrogen and oxygen atoms in total. The Hall–Kier alpha value is -4.10. The van der Waals surface area contributed by atoms with E-state index < -0.39 is 10.0 Å². The van der Waals surface area contributed by atoms with E-state index in [1.165, 1.54) is 0 Å². The molecule has 0 spiro atoms. The third kappa shape index (κ3) is 4.51. The summed E-state index contributed by atoms with van der Waals surface area (Å²) < 4.78 is 28.6. The normalized spacial score (nSPS) is 15.7. The smallest absolute Gasteiger partial charge is 0.261 e. The minimum Gasteiger partial charge on any atom is -0.399 e. The number of hydrazone groups is 1. The van der Waals surface area contributed by atoms with Gasteiger partial charge in [-0.3, -0.25) is 9.73 Å². The van der Waals surface area contributed by atoms with E-state index in [1.54, 1.807) is 42.5 Å². The van der Waals surface area contributed by atoms with Crippen LogP contribution in [-0.2, 0) is 10.0 Å². The van der Waals surface area contributed by atoms with E-state index in [1.807, 2.05) is 71.7 Å². The Morgan fingerprint density at radius 1 is 0.824 bits per heavy atom. The van der Waals surface area contributed by atoms with Crippen LogP contribution in [0.4, 0.5) is 17.1 Å². The van der Waals surface area contributed by atoms with Crippen molar-refractivity contribution in [1.82, 2.24) is 0 Å². The summed E-state index contributed by atoms with van der Waals surface area (Å²) in [6.45, 7) is 0. The standard InChI is InChI=1S/C27H24N4O2S/c28-22-16-14-20(15-17-22)27-19-26(29-31(27)24-11-5-2-6-12-24)21-8-7-13-25(18-21)34(32,33)30-23-9-3-1-4-10-23/h1-18,27,30H,19,28H2. The molecule has 1 heterocycles. The number of rotatable bonds is 6. The number of hydrogen-bond acceptors (Lipinski definition) is 5. The van der Waals surface area contributed by atoms with Gasteiger partial charge in [-0.2, -0.15) is 5.10 Å². The Bertz CT molecular complexity index is 1420. The van der Waals surface area contributed by atoms with Gasteiger partial charge in [-0.15, -0.1) is 0 Å². The number of benzene rings is 4. The first kappa shape index (κ1) is 21.7. The van der Waals surface area contributed by atoms with E-state index >= 15 is 0 Å². The van der Waals surface area contributed by atoms with Crippen molar-refractivity contribution < 1.29 is 8.42 Å². The Labute approximate surface area is 199 Å². The Balaban J connectivity index is 1.49. The topological polar surface area (TPSA) is 87.8 Å². The molecule has 0 bridgehead atoms. The van der Waals surface area contributed by atoms with Crippen LogP contribution in [0, 0.1) is 0 Å². The second-order valence-electron chi connectivity index (χ2n) is 8.11. The maximum absolute atomic E-state index is 13.0. The van der Waals surface area contributed by atoms with E-state index in [-0.39, 0.29) is 10.9 Å². The van der Waals surface area contributed by atoms with E-state index in [4.69, 9.17) is 10.8 Å². The minimum absolute atomic E-state index is 0.0271. The van der Waals surface area contributed by atoms with E-state index in [0.717, 1.165) is 22.5 Å². The van der Waals surface area contributed by atoms with Crippen LogP contribution in [0.3, 0.4) is 0 Å². The first-order valence-corrected chi connectivity index (χ1v) is 12.4. The molecule has 0 aliphatic carbocycles. The highest BCUT2D eigenvalue weighted by Gasteiger charge is 2.30. The number of anilines is 3. The van der Waals surface area contributed by atoms with Crippen LogP contribution in [-0.4, -0.2) is 14.1 Å². The van der Waals surface area contributed by atoms with Crippen molar-refractivity contribution in [3.05, 3.63) is 120 Å². The number of nitrogen functional groups attached to an aromatic ring is 1. The monoisotopic (exact) mass is 468 g/mol. The molecule has 0 amide bonds. The molecule has 5 rings (SSSR count). The number of nitrogens with zero attached hydrogens (tertiary/aromatic N) is 2. The molecular weight excluding hydrogens is 444 g/mol. The second kappa shape index (κ2) is 9.03. The van der Waals surface area contributed by atoms with Crippen LogP contribution in [0.2, 0.25) is 0 Å². The van der Waals surface area contributed by atoms with Crippen molar-refractivity contribution in [3.8, 4) is 0 Å². The third-order valence-electron chi connectivity index (χ3n) is 5.76. The lowest BCUT2D eigenvalue weighted by Crippen LogP contribution is -2.18. The van der Waals surface area contributed by atoms with Gasteiger partial charge in [0.15, 0.2) is 0 Å². The Kier molecular flexibility index (Phi) is 5.77. The molecule has 4 aromatic rings. The molecule has 1 atom stereocenters. The van der Waals surface area contributed by atoms with Gasteiger partial charge in [-0.1, -0.05) is 60.7 Å². The number of nitrogens with two attached hydrogens (primary N) is 1. The first-order valence-electron chi connectivity index (χ1n) is 11.0. The van der Waals surface area contributed by atoms with E-state index in [9.17, 15) is 8.42 Å². The molecule has 1 aliphatic rings. The summed E-state index contributed by atoms with van der Waals surface area (Å²) in [7, 11) is -3.73. The summed E-state index contributed by atoms with van der Waals surface area (Å²) in [6, 6.07) is 33.5. The average molecular weight is 469 g/mol. The molecule has 34 heavy (non-hydrogen) atoms. The Morgan fingerprint density at radius 2 is 1.50 bits per heavy atom. The molecule has 0 aromatic heterocycles. The molecule has 1 aliphatic heterocycles. The minimum atomic E-state index is -3.73. The summed E-state index contributed by atoms with van der Waals surface area (Å²) in [4.78, 5) is 0.193. The summed E-state index contributed by atoms with van der Waals surface area (Å²) >= 11 is 0. The molecule has 0 saturated carbocycles. The van der Waals surface area contributed by atoms with E-state index in [0.29, 0.717) is 17.8 Å². The fourth-order valence-electron chi connectivity index (χ4n) is 4.04. The van der Waals surface area contributed by atoms with Crippen LogP contribution in [0.5, 0.6) is 0 Å². The van der Waals surface area contributed by atoms with Crippen molar-refractivity contribution in [1.29, 1.82) is 0 Å². The molecule has 0 saturated heterocycles. The predicted octanol–water partition coefficient (Wildman–Crippen LogP) is 5.43. The first-order chi connectivity index (χ1) is 16.5. The van der Waals surface area contributed by atoms with Crippen molar-refractivity contribution >= 4 is 32.8 Å². The van der Waals surface area contributed by atoms with Gasteiger partial charge in [0, 0.05) is 17.8 Å². The molecule has 4 aromatic carbocycles. The maximum Gasteiger partial charge on any atom is 0.261 e. The highest BCUT2D eigenvalue weighted by atomic mass is 32.2. The Morgan fingerprint density at radius 3 is 2.21 bits per heavy atom. The van der Waals surface area contributed by atoms with Crippen LogP contribution >= 0.6 is 0 Å². The third-order valence-corrected chi connectivity index (χ3v) is 7.13. The van der Waals surface area contributed by atoms with Gasteiger partial charge in [-0.25, -0.2) is 8.42 Å². The predicted molar refractivity (Wildman–Crippen MR) is 137 cm³/mol. The van der Waals surface area contributed by atoms with Crippen molar-refractivity contribution in [2.75, 3.05) is 15.5 Å². The highest BCUT2D eigenvalue weighted by molar-refractivity contribution is 7.92. The number of sulfonamides is 1. The van der Waals surface area contributed by atoms with Crippen molar-refractivity contribution in [2.24, 2.45) is 5.10 Å². The van der Waals surface area contributed by atoms with Gasteiger partial charge in [0.25, 0.3) is 10.0 Å². The quantitative estimate of drug-likeness (QED) is 0.370. The van der Waals surface area contributed by atoms with Gasteiger partial charge in [0.1, 0.15) is 0 Å². The lowest BCUT2D eigenvalue weighted by atomic mass is 9.98. The summed E-state index contributed by atoms with van der Waals surface area (Å²) in [6.07, 6.45) is 0.633. The summed E-state index contributed by atoms with van der Waals surface area (Å²) in [5.41, 5.74) is 10.8. The largest absolute Gasteiger partial charge is 0.399 e. The van der Waals surface area contributed by atoms with Crippen LogP contribution in [0.1, 0.15) is 23.6 Å². The van der Waals surface area contributed by atoms with Gasteiger partial charge >= 0.3 is 0 Å². The average Bonchev–Trinajstić information content (AvgIpc) is 3.31. The van der Waals surface area contributed by atoms with Crippen LogP contribution in [0.25, 0.3) is 0 Å². The molecule has 170 valence electrons. The second-order valence-corrected chi connectivity index (χ2v) is 9.80. The lowest BCUT2D eigenvalue weighted by molar-refractivity contribution is 0.601. The van der Waals surface area contributed by atoms with Crippen molar-refractivity contribution in [3.63, 3.8) is 0 Å². The molecule has 0 fully saturated rings. The fraction of sp³-hybridized carbons (Fsp3) is 0.0741. The zero-order valence-electron chi connectivity index (χ0n) is 18.4. The maximum atomic E-state index is 13.0. The number of nitrogens with one attached hydrogen (secondary N) is 1. The molecule has 0 radical (unpaired) electrons. The van der Waals surface area contributed by atoms with Gasteiger partial charge in [-0.05, 0) is 59.7 Å². The van der Waals surface area contributed by atoms with Crippen LogP contribution < -0.4 is 15.5 Å². The van der Waals surface area contributed by atoms with Crippen molar-refractivity contribution in [2.45, 2.75) is 17.4 Å². The lowest BCUT2D eigenvalue weighted by Gasteiger charge is -2.24. The molecule has 7 heteroatoms. The van der Waals surface area contributed by atoms with Gasteiger partial charge in [0.05, 0.1) is 22.3 Å². The fourth-order valence-corrected chi connectivity index (χ4v) is 5.15. The molecular formula is C27H24N4O2S. The van der Waals surface area contributed by atoms with Gasteiger partial charge < -0.3 is 5.73 Å². The van der Waals surface area contributed by atoms with Gasteiger partial charge in [0.2, 0.25) is 0 Å². The number of para-hydroxylation sites is 2. The highest BCUT2D eigenvalue weighted by Crippen LogP contribution is 2.37. The molecule has 3 N–H and O–H groups in total. The zero-order valence-corrected chi connectivity index (χ0v) is 19.2. The summed E-state index contributed by atoms with van der Waals surface area (Å²) in [5, 5.41) is 6.91. The molecule has 1 unspecified atom stereocenters. The summed E-state index contributed by atoms with van der Waals surface area (Å²) in [5.74, 6) is 0. The van der Waals surface area contributed by atoms with Crippen LogP contribution in [0.15, 0.2) is 119 Å². The zero-order chi connectivity index (χ0) is 23.5.